The van der Waals surface area contributed by atoms with Crippen molar-refractivity contribution in [3.05, 3.63) is 51.4 Å². The van der Waals surface area contributed by atoms with Crippen LogP contribution in [-0.4, -0.2) is 64.2 Å². The van der Waals surface area contributed by atoms with E-state index in [9.17, 15) is 9.59 Å². The number of carbonyl (C=O) groups excluding carboxylic acids is 1. The van der Waals surface area contributed by atoms with E-state index >= 15 is 0 Å². The first-order valence-electron chi connectivity index (χ1n) is 11.7. The van der Waals surface area contributed by atoms with Crippen LogP contribution in [0.5, 0.6) is 0 Å². The van der Waals surface area contributed by atoms with Crippen LogP contribution in [0.3, 0.4) is 0 Å². The number of aromatic nitrogens is 3. The van der Waals surface area contributed by atoms with Crippen molar-refractivity contribution >= 4 is 22.6 Å². The van der Waals surface area contributed by atoms with Gasteiger partial charge in [-0.15, -0.1) is 0 Å². The summed E-state index contributed by atoms with van der Waals surface area (Å²) >= 11 is 0. The number of unbranched alkanes of at least 4 members (excludes halogenated alkanes) is 1. The van der Waals surface area contributed by atoms with Gasteiger partial charge in [-0.1, -0.05) is 19.4 Å². The minimum Gasteiger partial charge on any atom is -0.379 e. The van der Waals surface area contributed by atoms with Gasteiger partial charge in [-0.25, -0.2) is 4.98 Å². The highest BCUT2D eigenvalue weighted by Crippen LogP contribution is 2.13. The number of aryl methyl sites for hydroxylation is 2. The summed E-state index contributed by atoms with van der Waals surface area (Å²) in [6.07, 6.45) is 4.26. The molecule has 0 aromatic carbocycles. The lowest BCUT2D eigenvalue weighted by molar-refractivity contribution is 0.0374. The molecule has 4 heterocycles. The summed E-state index contributed by atoms with van der Waals surface area (Å²) in [4.78, 5) is 33.4. The number of morpholine rings is 1. The van der Waals surface area contributed by atoms with E-state index in [2.05, 4.69) is 17.1 Å². The largest absolute Gasteiger partial charge is 0.379 e. The van der Waals surface area contributed by atoms with Gasteiger partial charge in [0.2, 0.25) is 0 Å². The van der Waals surface area contributed by atoms with Gasteiger partial charge < -0.3 is 14.6 Å². The standard InChI is InChI=1S/C24H32N6O3/c1-3-4-10-29-20(25)18(23(31)26-8-6-9-28-12-14-33-15-13-28)16-19-22(29)27-21-17(2)7-5-11-30(21)24(19)32/h5,7,11,16,25H,3-4,6,8-10,12-15H2,1-2H3,(H,26,31). The molecule has 1 aliphatic heterocycles. The first-order valence-corrected chi connectivity index (χ1v) is 11.7. The number of nitrogens with zero attached hydrogens (tertiary/aromatic N) is 4. The smallest absolute Gasteiger partial charge is 0.267 e. The number of pyridine rings is 2. The maximum Gasteiger partial charge on any atom is 0.267 e. The first-order chi connectivity index (χ1) is 16.0. The summed E-state index contributed by atoms with van der Waals surface area (Å²) in [5, 5.41) is 12.0. The molecule has 3 aromatic rings. The number of amides is 1. The van der Waals surface area contributed by atoms with Crippen molar-refractivity contribution in [3.63, 3.8) is 0 Å². The quantitative estimate of drug-likeness (QED) is 0.400. The van der Waals surface area contributed by atoms with Crippen LogP contribution in [0.15, 0.2) is 29.2 Å². The van der Waals surface area contributed by atoms with E-state index in [-0.39, 0.29) is 22.5 Å². The maximum absolute atomic E-state index is 13.3. The molecule has 9 heteroatoms. The molecule has 3 aromatic heterocycles. The monoisotopic (exact) mass is 452 g/mol. The molecule has 4 rings (SSSR count). The molecule has 0 atom stereocenters. The van der Waals surface area contributed by atoms with Gasteiger partial charge in [-0.2, -0.15) is 0 Å². The summed E-state index contributed by atoms with van der Waals surface area (Å²) in [6, 6.07) is 5.25. The normalized spacial score (nSPS) is 14.7. The minimum atomic E-state index is -0.331. The van der Waals surface area contributed by atoms with Gasteiger partial charge >= 0.3 is 0 Å². The lowest BCUT2D eigenvalue weighted by atomic mass is 10.1. The number of rotatable bonds is 8. The van der Waals surface area contributed by atoms with Gasteiger partial charge in [0.05, 0.1) is 24.2 Å². The average molecular weight is 453 g/mol. The highest BCUT2D eigenvalue weighted by atomic mass is 16.5. The molecule has 0 bridgehead atoms. The Hall–Kier alpha value is -3.04. The summed E-state index contributed by atoms with van der Waals surface area (Å²) in [6.45, 7) is 9.23. The highest BCUT2D eigenvalue weighted by Gasteiger charge is 2.18. The Kier molecular flexibility index (Phi) is 7.20. The zero-order chi connectivity index (χ0) is 23.4. The van der Waals surface area contributed by atoms with Crippen molar-refractivity contribution in [2.45, 2.75) is 39.7 Å². The van der Waals surface area contributed by atoms with Gasteiger partial charge in [0.15, 0.2) is 0 Å². The third-order valence-corrected chi connectivity index (χ3v) is 6.15. The molecule has 1 amide bonds. The van der Waals surface area contributed by atoms with E-state index in [1.54, 1.807) is 10.8 Å². The Morgan fingerprint density at radius 2 is 2.00 bits per heavy atom. The van der Waals surface area contributed by atoms with Crippen molar-refractivity contribution in [2.24, 2.45) is 0 Å². The van der Waals surface area contributed by atoms with Crippen LogP contribution in [0, 0.1) is 12.3 Å². The fourth-order valence-electron chi connectivity index (χ4n) is 4.23. The minimum absolute atomic E-state index is 0.0893. The molecule has 0 saturated carbocycles. The average Bonchev–Trinajstić information content (AvgIpc) is 2.82. The van der Waals surface area contributed by atoms with Crippen molar-refractivity contribution in [3.8, 4) is 0 Å². The van der Waals surface area contributed by atoms with Crippen LogP contribution >= 0.6 is 0 Å². The van der Waals surface area contributed by atoms with E-state index in [0.717, 1.165) is 57.7 Å². The lowest BCUT2D eigenvalue weighted by Crippen LogP contribution is -2.39. The van der Waals surface area contributed by atoms with Crippen LogP contribution in [-0.2, 0) is 11.3 Å². The zero-order valence-corrected chi connectivity index (χ0v) is 19.4. The van der Waals surface area contributed by atoms with Crippen LogP contribution in [0.25, 0.3) is 16.7 Å². The van der Waals surface area contributed by atoms with E-state index in [0.29, 0.717) is 29.8 Å². The predicted molar refractivity (Wildman–Crippen MR) is 127 cm³/mol. The Labute approximate surface area is 192 Å². The van der Waals surface area contributed by atoms with E-state index in [1.165, 1.54) is 10.5 Å². The topological polar surface area (TPSA) is 105 Å². The van der Waals surface area contributed by atoms with E-state index < -0.39 is 0 Å². The van der Waals surface area contributed by atoms with Gasteiger partial charge in [0.25, 0.3) is 11.5 Å². The van der Waals surface area contributed by atoms with Gasteiger partial charge in [-0.05, 0) is 44.0 Å². The molecular weight excluding hydrogens is 420 g/mol. The van der Waals surface area contributed by atoms with Gasteiger partial charge in [0.1, 0.15) is 16.8 Å². The second kappa shape index (κ2) is 10.3. The molecule has 1 aliphatic rings. The fraction of sp³-hybridized carbons (Fsp3) is 0.500. The maximum atomic E-state index is 13.3. The van der Waals surface area contributed by atoms with E-state index in [4.69, 9.17) is 15.1 Å². The van der Waals surface area contributed by atoms with Crippen LogP contribution in [0.1, 0.15) is 42.1 Å². The summed E-state index contributed by atoms with van der Waals surface area (Å²) in [5.41, 5.74) is 1.97. The number of nitrogens with one attached hydrogen (secondary N) is 2. The zero-order valence-electron chi connectivity index (χ0n) is 19.4. The molecular formula is C24H32N6O3. The number of fused-ring (bicyclic) bond motifs is 2. The fourth-order valence-corrected chi connectivity index (χ4v) is 4.23. The lowest BCUT2D eigenvalue weighted by Gasteiger charge is -2.26. The Bertz CT molecular complexity index is 1270. The molecule has 0 radical (unpaired) electrons. The summed E-state index contributed by atoms with van der Waals surface area (Å²) in [5.74, 6) is -0.331. The van der Waals surface area contributed by atoms with Crippen molar-refractivity contribution in [1.82, 2.24) is 24.2 Å². The Morgan fingerprint density at radius 1 is 1.21 bits per heavy atom. The van der Waals surface area contributed by atoms with Crippen LogP contribution in [0.2, 0.25) is 0 Å². The summed E-state index contributed by atoms with van der Waals surface area (Å²) in [7, 11) is 0. The molecule has 1 saturated heterocycles. The molecule has 0 spiro atoms. The Balaban J connectivity index is 1.66. The van der Waals surface area contributed by atoms with Gasteiger partial charge in [0, 0.05) is 32.4 Å². The SMILES string of the molecule is CCCCn1c(=N)c(C(=O)NCCCN2CCOCC2)cc2c(=O)n3cccc(C)c3nc21. The molecule has 0 unspecified atom stereocenters. The van der Waals surface area contributed by atoms with Gasteiger partial charge in [-0.3, -0.25) is 24.3 Å². The first kappa shape index (κ1) is 23.1. The number of carbonyl (C=O) groups is 1. The molecule has 0 aliphatic carbocycles. The third kappa shape index (κ3) is 4.84. The number of ether oxygens (including phenoxy) is 1. The second-order valence-corrected chi connectivity index (χ2v) is 8.51. The predicted octanol–water partition coefficient (Wildman–Crippen LogP) is 1.69. The number of hydrogen-bond donors (Lipinski definition) is 2. The summed E-state index contributed by atoms with van der Waals surface area (Å²) < 4.78 is 8.58. The van der Waals surface area contributed by atoms with Crippen LogP contribution in [0.4, 0.5) is 0 Å². The third-order valence-electron chi connectivity index (χ3n) is 6.15. The van der Waals surface area contributed by atoms with Crippen molar-refractivity contribution in [1.29, 1.82) is 5.41 Å². The van der Waals surface area contributed by atoms with Crippen molar-refractivity contribution in [2.75, 3.05) is 39.4 Å². The molecule has 176 valence electrons. The highest BCUT2D eigenvalue weighted by molar-refractivity contribution is 5.96. The van der Waals surface area contributed by atoms with Crippen molar-refractivity contribution < 1.29 is 9.53 Å². The molecule has 1 fully saturated rings. The molecule has 2 N–H and O–H groups in total. The number of hydrogen-bond acceptors (Lipinski definition) is 6. The molecule has 33 heavy (non-hydrogen) atoms. The Morgan fingerprint density at radius 3 is 2.76 bits per heavy atom. The van der Waals surface area contributed by atoms with E-state index in [1.807, 2.05) is 19.1 Å². The second-order valence-electron chi connectivity index (χ2n) is 8.51. The van der Waals surface area contributed by atoms with Crippen LogP contribution < -0.4 is 16.4 Å². The molecule has 9 nitrogen and oxygen atoms in total.